The third-order valence-corrected chi connectivity index (χ3v) is 5.14. The molecule has 0 aliphatic carbocycles. The van der Waals surface area contributed by atoms with Crippen LogP contribution in [0.3, 0.4) is 0 Å². The molecule has 2 aromatic rings. The van der Waals surface area contributed by atoms with Gasteiger partial charge in [-0.1, -0.05) is 24.3 Å². The molecule has 2 N–H and O–H groups in total. The van der Waals surface area contributed by atoms with E-state index in [1.807, 2.05) is 49.4 Å². The van der Waals surface area contributed by atoms with E-state index >= 15 is 0 Å². The molecule has 1 fully saturated rings. The van der Waals surface area contributed by atoms with Crippen molar-refractivity contribution in [1.82, 2.24) is 5.32 Å². The van der Waals surface area contributed by atoms with E-state index in [1.165, 1.54) is 4.90 Å². The van der Waals surface area contributed by atoms with Gasteiger partial charge in [-0.3, -0.25) is 4.79 Å². The number of para-hydroxylation sites is 4. The van der Waals surface area contributed by atoms with E-state index in [2.05, 4.69) is 16.3 Å². The molecule has 162 valence electrons. The number of carbonyl (C=O) groups excluding carboxylic acids is 1. The summed E-state index contributed by atoms with van der Waals surface area (Å²) in [5.41, 5.74) is 1.14. The van der Waals surface area contributed by atoms with Crippen molar-refractivity contribution in [3.63, 3.8) is 0 Å². The van der Waals surface area contributed by atoms with Crippen molar-refractivity contribution in [3.05, 3.63) is 48.5 Å². The van der Waals surface area contributed by atoms with Crippen molar-refractivity contribution in [2.45, 2.75) is 6.92 Å². The minimum Gasteiger partial charge on any atom is -0.493 e. The third-order valence-electron chi connectivity index (χ3n) is 5.14. The maximum atomic E-state index is 12.3. The lowest BCUT2D eigenvalue weighted by atomic mass is 10.2. The highest BCUT2D eigenvalue weighted by Crippen LogP contribution is 2.28. The zero-order valence-electron chi connectivity index (χ0n) is 17.9. The number of quaternary nitrogens is 1. The van der Waals surface area contributed by atoms with Crippen LogP contribution in [0.4, 0.5) is 5.69 Å². The Hall–Kier alpha value is -2.93. The molecule has 0 unspecified atom stereocenters. The zero-order valence-corrected chi connectivity index (χ0v) is 17.9. The highest BCUT2D eigenvalue weighted by molar-refractivity contribution is 5.76. The molecule has 3 rings (SSSR count). The van der Waals surface area contributed by atoms with Gasteiger partial charge in [0.1, 0.15) is 12.4 Å². The number of amides is 1. The summed E-state index contributed by atoms with van der Waals surface area (Å²) in [5, 5.41) is 2.95. The Bertz CT molecular complexity index is 807. The van der Waals surface area contributed by atoms with Crippen LogP contribution in [-0.2, 0) is 4.79 Å². The number of benzene rings is 2. The molecule has 1 amide bonds. The average molecular weight is 415 g/mol. The second-order valence-electron chi connectivity index (χ2n) is 7.16. The predicted octanol–water partition coefficient (Wildman–Crippen LogP) is 0.994. The van der Waals surface area contributed by atoms with Crippen molar-refractivity contribution in [2.24, 2.45) is 0 Å². The first-order chi connectivity index (χ1) is 14.7. The fourth-order valence-corrected chi connectivity index (χ4v) is 3.62. The smallest absolute Gasteiger partial charge is 0.275 e. The van der Waals surface area contributed by atoms with Crippen LogP contribution < -0.4 is 29.3 Å². The van der Waals surface area contributed by atoms with Gasteiger partial charge in [-0.15, -0.1) is 0 Å². The third kappa shape index (κ3) is 6.03. The summed E-state index contributed by atoms with van der Waals surface area (Å²) >= 11 is 0. The summed E-state index contributed by atoms with van der Waals surface area (Å²) in [6.07, 6.45) is 0. The van der Waals surface area contributed by atoms with E-state index in [0.717, 1.165) is 37.6 Å². The first-order valence-electron chi connectivity index (χ1n) is 10.5. The largest absolute Gasteiger partial charge is 0.493 e. The number of rotatable bonds is 10. The number of hydrogen-bond donors (Lipinski definition) is 2. The normalized spacial score (nSPS) is 14.3. The Morgan fingerprint density at radius 3 is 2.37 bits per heavy atom. The lowest BCUT2D eigenvalue weighted by Crippen LogP contribution is -3.16. The molecule has 7 heteroatoms. The number of nitrogens with one attached hydrogen (secondary N) is 2. The number of ether oxygens (including phenoxy) is 3. The molecule has 1 aliphatic heterocycles. The highest BCUT2D eigenvalue weighted by atomic mass is 16.5. The van der Waals surface area contributed by atoms with Crippen LogP contribution in [0, 0.1) is 0 Å². The van der Waals surface area contributed by atoms with Crippen molar-refractivity contribution < 1.29 is 23.9 Å². The second-order valence-corrected chi connectivity index (χ2v) is 7.16. The molecule has 7 nitrogen and oxygen atoms in total. The number of anilines is 1. The molecule has 0 saturated carbocycles. The lowest BCUT2D eigenvalue weighted by molar-refractivity contribution is -0.892. The second kappa shape index (κ2) is 11.3. The molecule has 0 spiro atoms. The predicted molar refractivity (Wildman–Crippen MR) is 117 cm³/mol. The number of carbonyl (C=O) groups is 1. The molecule has 1 saturated heterocycles. The van der Waals surface area contributed by atoms with Gasteiger partial charge in [0.15, 0.2) is 18.0 Å². The topological polar surface area (TPSA) is 64.5 Å². The van der Waals surface area contributed by atoms with Gasteiger partial charge in [-0.25, -0.2) is 0 Å². The van der Waals surface area contributed by atoms with Gasteiger partial charge in [0.2, 0.25) is 0 Å². The summed E-state index contributed by atoms with van der Waals surface area (Å²) in [7, 11) is 1.61. The first-order valence-corrected chi connectivity index (χ1v) is 10.5. The van der Waals surface area contributed by atoms with Gasteiger partial charge in [-0.05, 0) is 31.2 Å². The monoisotopic (exact) mass is 414 g/mol. The van der Waals surface area contributed by atoms with Crippen LogP contribution in [0.1, 0.15) is 6.92 Å². The summed E-state index contributed by atoms with van der Waals surface area (Å²) in [4.78, 5) is 15.9. The van der Waals surface area contributed by atoms with Gasteiger partial charge in [-0.2, -0.15) is 0 Å². The summed E-state index contributed by atoms with van der Waals surface area (Å²) < 4.78 is 16.7. The van der Waals surface area contributed by atoms with Gasteiger partial charge in [0.05, 0.1) is 52.1 Å². The SMILES string of the molecule is CCOc1ccccc1N1CC[NH+](CC(=O)NCCOc2ccccc2OC)CC1. The van der Waals surface area contributed by atoms with Crippen LogP contribution in [0.25, 0.3) is 0 Å². The minimum absolute atomic E-state index is 0.0526. The molecular formula is C23H32N3O4+. The number of hydrogen-bond acceptors (Lipinski definition) is 5. The Balaban J connectivity index is 1.37. The Kier molecular flexibility index (Phi) is 8.20. The molecule has 0 atom stereocenters. The van der Waals surface area contributed by atoms with Crippen LogP contribution >= 0.6 is 0 Å². The van der Waals surface area contributed by atoms with Crippen molar-refractivity contribution in [3.8, 4) is 17.2 Å². The molecule has 0 aromatic heterocycles. The molecule has 0 radical (unpaired) electrons. The number of piperazine rings is 1. The van der Waals surface area contributed by atoms with E-state index in [1.54, 1.807) is 7.11 Å². The summed E-state index contributed by atoms with van der Waals surface area (Å²) in [5.74, 6) is 2.36. The van der Waals surface area contributed by atoms with E-state index in [4.69, 9.17) is 14.2 Å². The maximum absolute atomic E-state index is 12.3. The molecule has 1 heterocycles. The lowest BCUT2D eigenvalue weighted by Gasteiger charge is -2.34. The van der Waals surface area contributed by atoms with Crippen molar-refractivity contribution >= 4 is 11.6 Å². The fourth-order valence-electron chi connectivity index (χ4n) is 3.62. The van der Waals surface area contributed by atoms with Gasteiger partial charge >= 0.3 is 0 Å². The quantitative estimate of drug-likeness (QED) is 0.568. The number of methoxy groups -OCH3 is 1. The molecule has 2 aromatic carbocycles. The zero-order chi connectivity index (χ0) is 21.2. The molecular weight excluding hydrogens is 382 g/mol. The average Bonchev–Trinajstić information content (AvgIpc) is 2.78. The Morgan fingerprint density at radius 1 is 1.00 bits per heavy atom. The fraction of sp³-hybridized carbons (Fsp3) is 0.435. The standard InChI is InChI=1S/C23H31N3O4/c1-3-29-20-9-5-4-8-19(20)26-15-13-25(14-16-26)18-23(27)24-12-17-30-22-11-7-6-10-21(22)28-2/h4-11H,3,12-18H2,1-2H3,(H,24,27)/p+1. The maximum Gasteiger partial charge on any atom is 0.275 e. The highest BCUT2D eigenvalue weighted by Gasteiger charge is 2.23. The van der Waals surface area contributed by atoms with Crippen LogP contribution in [0.5, 0.6) is 17.2 Å². The first kappa shape index (κ1) is 21.8. The van der Waals surface area contributed by atoms with E-state index in [9.17, 15) is 4.79 Å². The molecule has 0 bridgehead atoms. The van der Waals surface area contributed by atoms with E-state index in [0.29, 0.717) is 37.8 Å². The van der Waals surface area contributed by atoms with Gasteiger partial charge < -0.3 is 29.3 Å². The van der Waals surface area contributed by atoms with Crippen molar-refractivity contribution in [2.75, 3.05) is 64.5 Å². The van der Waals surface area contributed by atoms with Crippen LogP contribution in [-0.4, -0.2) is 65.5 Å². The van der Waals surface area contributed by atoms with Crippen molar-refractivity contribution in [1.29, 1.82) is 0 Å². The summed E-state index contributed by atoms with van der Waals surface area (Å²) in [6, 6.07) is 15.6. The minimum atomic E-state index is 0.0526. The van der Waals surface area contributed by atoms with Crippen LogP contribution in [0.2, 0.25) is 0 Å². The van der Waals surface area contributed by atoms with E-state index in [-0.39, 0.29) is 5.91 Å². The van der Waals surface area contributed by atoms with E-state index < -0.39 is 0 Å². The number of nitrogens with zero attached hydrogens (tertiary/aromatic N) is 1. The van der Waals surface area contributed by atoms with Crippen LogP contribution in [0.15, 0.2) is 48.5 Å². The Morgan fingerprint density at radius 2 is 1.67 bits per heavy atom. The Labute approximate surface area is 178 Å². The molecule has 30 heavy (non-hydrogen) atoms. The van der Waals surface area contributed by atoms with Gasteiger partial charge in [0, 0.05) is 0 Å². The molecule has 1 aliphatic rings. The van der Waals surface area contributed by atoms with Gasteiger partial charge in [0.25, 0.3) is 5.91 Å². The summed E-state index contributed by atoms with van der Waals surface area (Å²) in [6.45, 7) is 7.67.